The van der Waals surface area contributed by atoms with Crippen LogP contribution >= 0.6 is 23.4 Å². The molecule has 0 saturated heterocycles. The van der Waals surface area contributed by atoms with Gasteiger partial charge in [0.25, 0.3) is 0 Å². The Morgan fingerprint density at radius 2 is 2.16 bits per heavy atom. The predicted molar refractivity (Wildman–Crippen MR) is 68.0 cm³/mol. The van der Waals surface area contributed by atoms with Crippen LogP contribution in [-0.2, 0) is 11.0 Å². The smallest absolute Gasteiger partial charge is 0.324 e. The fourth-order valence-corrected chi connectivity index (χ4v) is 1.79. The van der Waals surface area contributed by atoms with E-state index in [1.807, 2.05) is 6.07 Å². The molecule has 1 N–H and O–H groups in total. The highest BCUT2D eigenvalue weighted by Crippen LogP contribution is 2.33. The molecule has 0 atom stereocenters. The van der Waals surface area contributed by atoms with Crippen molar-refractivity contribution >= 4 is 35.0 Å². The van der Waals surface area contributed by atoms with Gasteiger partial charge in [0.2, 0.25) is 5.91 Å². The van der Waals surface area contributed by atoms with Crippen molar-refractivity contribution in [2.75, 3.05) is 16.8 Å². The maximum Gasteiger partial charge on any atom is 0.416 e. The van der Waals surface area contributed by atoms with E-state index in [9.17, 15) is 18.0 Å². The van der Waals surface area contributed by atoms with Crippen LogP contribution in [-0.4, -0.2) is 17.4 Å². The topological polar surface area (TPSA) is 52.9 Å². The van der Waals surface area contributed by atoms with Gasteiger partial charge in [0.1, 0.15) is 0 Å². The van der Waals surface area contributed by atoms with Crippen molar-refractivity contribution in [3.63, 3.8) is 0 Å². The van der Waals surface area contributed by atoms with Crippen LogP contribution in [0.4, 0.5) is 18.9 Å². The lowest BCUT2D eigenvalue weighted by molar-refractivity contribution is -0.137. The van der Waals surface area contributed by atoms with Crippen molar-refractivity contribution in [1.29, 1.82) is 5.26 Å². The molecule has 0 aliphatic heterocycles. The van der Waals surface area contributed by atoms with E-state index in [1.54, 1.807) is 0 Å². The third kappa shape index (κ3) is 5.01. The van der Waals surface area contributed by atoms with Crippen molar-refractivity contribution in [1.82, 2.24) is 0 Å². The molecule has 1 aromatic rings. The SMILES string of the molecule is N#CCSCC(=O)Nc1cc(C(F)(F)F)ccc1Cl. The molecule has 0 aliphatic carbocycles. The van der Waals surface area contributed by atoms with Crippen LogP contribution in [0.25, 0.3) is 0 Å². The van der Waals surface area contributed by atoms with Crippen LogP contribution in [0, 0.1) is 11.3 Å². The Morgan fingerprint density at radius 3 is 2.74 bits per heavy atom. The van der Waals surface area contributed by atoms with Crippen molar-refractivity contribution in [3.8, 4) is 6.07 Å². The molecule has 0 saturated carbocycles. The second-order valence-corrected chi connectivity index (χ2v) is 4.78. The Kier molecular flexibility index (Phi) is 5.51. The maximum atomic E-state index is 12.5. The van der Waals surface area contributed by atoms with Gasteiger partial charge in [-0.1, -0.05) is 11.6 Å². The van der Waals surface area contributed by atoms with Crippen molar-refractivity contribution in [3.05, 3.63) is 28.8 Å². The Bertz CT molecular complexity index is 514. The van der Waals surface area contributed by atoms with E-state index in [1.165, 1.54) is 0 Å². The highest BCUT2D eigenvalue weighted by Gasteiger charge is 2.31. The van der Waals surface area contributed by atoms with Crippen molar-refractivity contribution in [2.24, 2.45) is 0 Å². The van der Waals surface area contributed by atoms with Gasteiger partial charge < -0.3 is 5.32 Å². The summed E-state index contributed by atoms with van der Waals surface area (Å²) in [6.45, 7) is 0. The van der Waals surface area contributed by atoms with Crippen LogP contribution in [0.15, 0.2) is 18.2 Å². The molecule has 0 radical (unpaired) electrons. The van der Waals surface area contributed by atoms with E-state index in [-0.39, 0.29) is 22.2 Å². The van der Waals surface area contributed by atoms with Gasteiger partial charge in [0.15, 0.2) is 0 Å². The number of nitrogens with one attached hydrogen (secondary N) is 1. The summed E-state index contributed by atoms with van der Waals surface area (Å²) in [6, 6.07) is 4.52. The van der Waals surface area contributed by atoms with Crippen LogP contribution in [0.3, 0.4) is 0 Å². The zero-order valence-electron chi connectivity index (χ0n) is 9.42. The molecule has 0 aliphatic rings. The first-order valence-electron chi connectivity index (χ1n) is 4.96. The minimum absolute atomic E-state index is 0.0200. The number of carbonyl (C=O) groups excluding carboxylic acids is 1. The van der Waals surface area contributed by atoms with E-state index in [0.717, 1.165) is 30.0 Å². The first-order valence-corrected chi connectivity index (χ1v) is 6.49. The number of anilines is 1. The summed E-state index contributed by atoms with van der Waals surface area (Å²) in [4.78, 5) is 11.4. The van der Waals surface area contributed by atoms with Gasteiger partial charge in [-0.25, -0.2) is 0 Å². The van der Waals surface area contributed by atoms with Gasteiger partial charge in [-0.3, -0.25) is 4.79 Å². The van der Waals surface area contributed by atoms with Gasteiger partial charge in [-0.05, 0) is 18.2 Å². The highest BCUT2D eigenvalue weighted by molar-refractivity contribution is 8.00. The zero-order valence-corrected chi connectivity index (χ0v) is 11.0. The number of thioether (sulfide) groups is 1. The molecule has 1 amide bonds. The molecule has 8 heteroatoms. The predicted octanol–water partition coefficient (Wildman–Crippen LogP) is 3.55. The zero-order chi connectivity index (χ0) is 14.5. The van der Waals surface area contributed by atoms with Crippen LogP contribution < -0.4 is 5.32 Å². The Hall–Kier alpha value is -1.39. The van der Waals surface area contributed by atoms with Gasteiger partial charge in [0.05, 0.1) is 33.8 Å². The number of amides is 1. The summed E-state index contributed by atoms with van der Waals surface area (Å²) in [6.07, 6.45) is -4.50. The Labute approximate surface area is 116 Å². The van der Waals surface area contributed by atoms with E-state index >= 15 is 0 Å². The van der Waals surface area contributed by atoms with E-state index in [0.29, 0.717) is 0 Å². The summed E-state index contributed by atoms with van der Waals surface area (Å²) in [7, 11) is 0. The minimum Gasteiger partial charge on any atom is -0.324 e. The lowest BCUT2D eigenvalue weighted by Gasteiger charge is -2.11. The molecule has 1 rings (SSSR count). The summed E-state index contributed by atoms with van der Waals surface area (Å²) in [5, 5.41) is 10.6. The van der Waals surface area contributed by atoms with Crippen molar-refractivity contribution < 1.29 is 18.0 Å². The normalized spacial score (nSPS) is 10.9. The lowest BCUT2D eigenvalue weighted by Crippen LogP contribution is -2.15. The summed E-state index contributed by atoms with van der Waals surface area (Å²) < 4.78 is 37.5. The second-order valence-electron chi connectivity index (χ2n) is 3.39. The average Bonchev–Trinajstić information content (AvgIpc) is 2.31. The van der Waals surface area contributed by atoms with Crippen molar-refractivity contribution in [2.45, 2.75) is 6.18 Å². The largest absolute Gasteiger partial charge is 0.416 e. The fraction of sp³-hybridized carbons (Fsp3) is 0.273. The number of nitriles is 1. The number of rotatable bonds is 4. The van der Waals surface area contributed by atoms with Gasteiger partial charge in [0, 0.05) is 0 Å². The number of hydrogen-bond donors (Lipinski definition) is 1. The molecule has 0 unspecified atom stereocenters. The van der Waals surface area contributed by atoms with E-state index in [4.69, 9.17) is 16.9 Å². The molecule has 0 heterocycles. The number of carbonyl (C=O) groups is 1. The van der Waals surface area contributed by atoms with E-state index < -0.39 is 17.6 Å². The van der Waals surface area contributed by atoms with Crippen LogP contribution in [0.5, 0.6) is 0 Å². The Morgan fingerprint density at radius 1 is 1.47 bits per heavy atom. The first-order chi connectivity index (χ1) is 8.84. The summed E-state index contributed by atoms with van der Waals surface area (Å²) in [5.41, 5.74) is -0.990. The number of alkyl halides is 3. The number of halogens is 4. The van der Waals surface area contributed by atoms with E-state index in [2.05, 4.69) is 5.32 Å². The van der Waals surface area contributed by atoms with Gasteiger partial charge in [-0.2, -0.15) is 18.4 Å². The minimum atomic E-state index is -4.50. The third-order valence-electron chi connectivity index (χ3n) is 1.97. The molecule has 0 fully saturated rings. The number of nitrogens with zero attached hydrogens (tertiary/aromatic N) is 1. The second kappa shape index (κ2) is 6.68. The fourth-order valence-electron chi connectivity index (χ4n) is 1.17. The first kappa shape index (κ1) is 15.7. The quantitative estimate of drug-likeness (QED) is 0.865. The molecule has 1 aromatic carbocycles. The molecule has 0 spiro atoms. The monoisotopic (exact) mass is 308 g/mol. The summed E-state index contributed by atoms with van der Waals surface area (Å²) in [5.74, 6) is -0.411. The average molecular weight is 309 g/mol. The molecular weight excluding hydrogens is 301 g/mol. The number of hydrogen-bond acceptors (Lipinski definition) is 3. The molecule has 19 heavy (non-hydrogen) atoms. The maximum absolute atomic E-state index is 12.5. The molecular formula is C11H8ClF3N2OS. The molecule has 0 bridgehead atoms. The molecule has 102 valence electrons. The van der Waals surface area contributed by atoms with Crippen LogP contribution in [0.2, 0.25) is 5.02 Å². The highest BCUT2D eigenvalue weighted by atomic mass is 35.5. The molecule has 3 nitrogen and oxygen atoms in total. The lowest BCUT2D eigenvalue weighted by atomic mass is 10.2. The van der Waals surface area contributed by atoms with Gasteiger partial charge >= 0.3 is 6.18 Å². The van der Waals surface area contributed by atoms with Crippen LogP contribution in [0.1, 0.15) is 5.56 Å². The standard InChI is InChI=1S/C11H8ClF3N2OS/c12-8-2-1-7(11(13,14)15)5-9(8)17-10(18)6-19-4-3-16/h1-2,5H,4,6H2,(H,17,18). The summed E-state index contributed by atoms with van der Waals surface area (Å²) >= 11 is 6.77. The molecule has 0 aromatic heterocycles. The van der Waals surface area contributed by atoms with Gasteiger partial charge in [-0.15, -0.1) is 11.8 Å². The Balaban J connectivity index is 2.78. The third-order valence-corrected chi connectivity index (χ3v) is 3.10. The number of benzene rings is 1.